The molecular formula is C23H24N3O2S. The Kier molecular flexibility index (Phi) is 5.74. The lowest BCUT2D eigenvalue weighted by Gasteiger charge is -2.15. The van der Waals surface area contributed by atoms with Crippen LogP contribution in [-0.2, 0) is 6.42 Å². The summed E-state index contributed by atoms with van der Waals surface area (Å²) in [6.45, 7) is 6.05. The number of rotatable bonds is 6. The Morgan fingerprint density at radius 2 is 2.17 bits per heavy atom. The van der Waals surface area contributed by atoms with Gasteiger partial charge in [0, 0.05) is 12.2 Å². The first kappa shape index (κ1) is 19.7. The molecule has 0 aliphatic heterocycles. The van der Waals surface area contributed by atoms with Gasteiger partial charge in [-0.1, -0.05) is 29.8 Å². The molecular weight excluding hydrogens is 382 g/mol. The molecule has 2 N–H and O–H groups in total. The van der Waals surface area contributed by atoms with Crippen molar-refractivity contribution in [2.45, 2.75) is 38.3 Å². The van der Waals surface area contributed by atoms with Crippen LogP contribution in [0.4, 0.5) is 5.82 Å². The van der Waals surface area contributed by atoms with Gasteiger partial charge in [0.25, 0.3) is 0 Å². The predicted molar refractivity (Wildman–Crippen MR) is 115 cm³/mol. The number of nitrogens with one attached hydrogen (secondary N) is 1. The Labute approximate surface area is 174 Å². The standard InChI is InChI=1S/C23H24N3O2S/c1-14-4-3-5-16(6-14)8-17-9-21(29-12-17)22(28)19-11-24-13-25-23(19)26-18-7-15(2)20(27)10-18/h3-6,9,11-13,15,18,20,27H,2,7-8,10H2,1H3,(H,24,25,26)/t15-,18-,20+/m1/s1. The number of carbonyl (C=O) groups is 1. The molecule has 1 aliphatic carbocycles. The predicted octanol–water partition coefficient (Wildman–Crippen LogP) is 4.05. The highest BCUT2D eigenvalue weighted by Gasteiger charge is 2.31. The number of ketones is 1. The average Bonchev–Trinajstić information content (AvgIpc) is 3.28. The summed E-state index contributed by atoms with van der Waals surface area (Å²) in [6.07, 6.45) is 4.72. The molecule has 6 heteroatoms. The molecule has 5 nitrogen and oxygen atoms in total. The van der Waals surface area contributed by atoms with Crippen LogP contribution in [0.3, 0.4) is 0 Å². The SMILES string of the molecule is [CH2][C@@H]1C[C@@H](Nc2ncncc2C(=O)c2cc(Cc3cccc(C)c3)cs2)C[C@@H]1O. The largest absolute Gasteiger partial charge is 0.393 e. The van der Waals surface area contributed by atoms with E-state index in [4.69, 9.17) is 0 Å². The maximum Gasteiger partial charge on any atom is 0.208 e. The van der Waals surface area contributed by atoms with E-state index in [1.807, 2.05) is 11.4 Å². The highest BCUT2D eigenvalue weighted by Crippen LogP contribution is 2.29. The van der Waals surface area contributed by atoms with Crippen LogP contribution in [0.2, 0.25) is 0 Å². The monoisotopic (exact) mass is 406 g/mol. The Morgan fingerprint density at radius 3 is 2.93 bits per heavy atom. The summed E-state index contributed by atoms with van der Waals surface area (Å²) in [5.74, 6) is 0.429. The number of thiophene rings is 1. The topological polar surface area (TPSA) is 75.1 Å². The number of carbonyl (C=O) groups excluding carboxylic acids is 1. The molecule has 149 valence electrons. The maximum absolute atomic E-state index is 13.1. The molecule has 2 heterocycles. The van der Waals surface area contributed by atoms with Crippen molar-refractivity contribution >= 4 is 22.9 Å². The Hall–Kier alpha value is -2.57. The van der Waals surface area contributed by atoms with E-state index in [-0.39, 0.29) is 17.7 Å². The molecule has 4 rings (SSSR count). The first-order valence-electron chi connectivity index (χ1n) is 9.75. The molecule has 29 heavy (non-hydrogen) atoms. The number of aliphatic hydroxyl groups is 1. The Bertz CT molecular complexity index is 1010. The van der Waals surface area contributed by atoms with Gasteiger partial charge in [0.05, 0.1) is 16.5 Å². The molecule has 0 bridgehead atoms. The quantitative estimate of drug-likeness (QED) is 0.604. The molecule has 1 aromatic carbocycles. The van der Waals surface area contributed by atoms with Crippen molar-refractivity contribution in [3.05, 3.63) is 82.3 Å². The highest BCUT2D eigenvalue weighted by atomic mass is 32.1. The minimum atomic E-state index is -0.421. The van der Waals surface area contributed by atoms with E-state index >= 15 is 0 Å². The van der Waals surface area contributed by atoms with Crippen molar-refractivity contribution in [1.82, 2.24) is 9.97 Å². The second kappa shape index (κ2) is 8.43. The zero-order valence-corrected chi connectivity index (χ0v) is 17.2. The van der Waals surface area contributed by atoms with E-state index < -0.39 is 6.10 Å². The zero-order chi connectivity index (χ0) is 20.4. The summed E-state index contributed by atoms with van der Waals surface area (Å²) in [6, 6.07) is 10.4. The molecule has 1 aliphatic rings. The van der Waals surface area contributed by atoms with Crippen molar-refractivity contribution in [3.63, 3.8) is 0 Å². The molecule has 2 aromatic heterocycles. The minimum Gasteiger partial charge on any atom is -0.393 e. The number of aryl methyl sites for hydroxylation is 1. The zero-order valence-electron chi connectivity index (χ0n) is 16.3. The van der Waals surface area contributed by atoms with Gasteiger partial charge < -0.3 is 10.4 Å². The van der Waals surface area contributed by atoms with Crippen LogP contribution in [0.1, 0.15) is 44.8 Å². The number of hydrogen-bond donors (Lipinski definition) is 2. The van der Waals surface area contributed by atoms with Crippen molar-refractivity contribution < 1.29 is 9.90 Å². The second-order valence-electron chi connectivity index (χ2n) is 7.74. The lowest BCUT2D eigenvalue weighted by Crippen LogP contribution is -2.20. The van der Waals surface area contributed by atoms with Crippen LogP contribution < -0.4 is 5.32 Å². The van der Waals surface area contributed by atoms with Crippen LogP contribution in [0, 0.1) is 19.8 Å². The summed E-state index contributed by atoms with van der Waals surface area (Å²) < 4.78 is 0. The van der Waals surface area contributed by atoms with Gasteiger partial charge in [-0.3, -0.25) is 4.79 Å². The smallest absolute Gasteiger partial charge is 0.208 e. The normalized spacial score (nSPS) is 21.3. The van der Waals surface area contributed by atoms with Gasteiger partial charge in [0.2, 0.25) is 5.78 Å². The molecule has 3 atom stereocenters. The van der Waals surface area contributed by atoms with Crippen molar-refractivity contribution in [3.8, 4) is 0 Å². The maximum atomic E-state index is 13.1. The van der Waals surface area contributed by atoms with Crippen LogP contribution in [0.5, 0.6) is 0 Å². The van der Waals surface area contributed by atoms with Gasteiger partial charge in [0.15, 0.2) is 0 Å². The molecule has 1 fully saturated rings. The summed E-state index contributed by atoms with van der Waals surface area (Å²) in [4.78, 5) is 22.1. The fourth-order valence-corrected chi connectivity index (χ4v) is 4.67. The van der Waals surface area contributed by atoms with E-state index in [1.54, 1.807) is 6.20 Å². The lowest BCUT2D eigenvalue weighted by atomic mass is 10.0. The lowest BCUT2D eigenvalue weighted by molar-refractivity contribution is 0.104. The second-order valence-corrected chi connectivity index (χ2v) is 8.65. The van der Waals surface area contributed by atoms with Crippen LogP contribution >= 0.6 is 11.3 Å². The fourth-order valence-electron chi connectivity index (χ4n) is 3.80. The summed E-state index contributed by atoms with van der Waals surface area (Å²) in [7, 11) is 0. The molecule has 0 amide bonds. The first-order chi connectivity index (χ1) is 14.0. The van der Waals surface area contributed by atoms with Gasteiger partial charge in [-0.15, -0.1) is 11.3 Å². The summed E-state index contributed by atoms with van der Waals surface area (Å²) in [5, 5.41) is 15.3. The van der Waals surface area contributed by atoms with Gasteiger partial charge in [-0.25, -0.2) is 9.97 Å². The number of aliphatic hydroxyl groups excluding tert-OH is 1. The molecule has 1 saturated carbocycles. The molecule has 3 aromatic rings. The van der Waals surface area contributed by atoms with E-state index in [2.05, 4.69) is 53.4 Å². The van der Waals surface area contributed by atoms with Crippen molar-refractivity contribution in [2.24, 2.45) is 5.92 Å². The third-order valence-corrected chi connectivity index (χ3v) is 6.30. The number of anilines is 1. The third kappa shape index (κ3) is 4.54. The van der Waals surface area contributed by atoms with Crippen LogP contribution in [-0.4, -0.2) is 33.0 Å². The van der Waals surface area contributed by atoms with Gasteiger partial charge in [-0.2, -0.15) is 0 Å². The first-order valence-corrected chi connectivity index (χ1v) is 10.6. The van der Waals surface area contributed by atoms with E-state index in [1.165, 1.54) is 28.8 Å². The van der Waals surface area contributed by atoms with Gasteiger partial charge in [0.1, 0.15) is 12.1 Å². The number of hydrogen-bond acceptors (Lipinski definition) is 6. The molecule has 0 unspecified atom stereocenters. The molecule has 1 radical (unpaired) electrons. The van der Waals surface area contributed by atoms with Crippen LogP contribution in [0.25, 0.3) is 0 Å². The molecule has 0 spiro atoms. The third-order valence-electron chi connectivity index (χ3n) is 5.32. The Balaban J connectivity index is 1.51. The highest BCUT2D eigenvalue weighted by molar-refractivity contribution is 7.12. The number of aromatic nitrogens is 2. The molecule has 0 saturated heterocycles. The van der Waals surface area contributed by atoms with Gasteiger partial charge in [-0.05, 0) is 61.6 Å². The van der Waals surface area contributed by atoms with Crippen molar-refractivity contribution in [1.29, 1.82) is 0 Å². The average molecular weight is 407 g/mol. The van der Waals surface area contributed by atoms with Crippen LogP contribution in [0.15, 0.2) is 48.2 Å². The minimum absolute atomic E-state index is 0.00466. The van der Waals surface area contributed by atoms with E-state index in [9.17, 15) is 9.90 Å². The summed E-state index contributed by atoms with van der Waals surface area (Å²) >= 11 is 1.45. The number of nitrogens with zero attached hydrogens (tertiary/aromatic N) is 2. The van der Waals surface area contributed by atoms with E-state index in [0.29, 0.717) is 22.7 Å². The Morgan fingerprint density at radius 1 is 1.31 bits per heavy atom. The number of benzene rings is 1. The van der Waals surface area contributed by atoms with Gasteiger partial charge >= 0.3 is 0 Å². The summed E-state index contributed by atoms with van der Waals surface area (Å²) in [5.41, 5.74) is 4.04. The van der Waals surface area contributed by atoms with Crippen molar-refractivity contribution in [2.75, 3.05) is 5.32 Å². The van der Waals surface area contributed by atoms with E-state index in [0.717, 1.165) is 18.4 Å². The fraction of sp³-hybridized carbons (Fsp3) is 0.304.